The van der Waals surface area contributed by atoms with Crippen LogP contribution < -0.4 is 15.4 Å². The molecule has 2 amide bonds. The smallest absolute Gasteiger partial charge is 0.416 e. The highest BCUT2D eigenvalue weighted by molar-refractivity contribution is 5.89. The van der Waals surface area contributed by atoms with Crippen molar-refractivity contribution in [2.24, 2.45) is 5.41 Å². The Hall–Kier alpha value is -3.03. The van der Waals surface area contributed by atoms with E-state index in [1.54, 1.807) is 31.2 Å². The second-order valence-corrected chi connectivity index (χ2v) is 7.29. The lowest BCUT2D eigenvalue weighted by molar-refractivity contribution is -0.138. The topological polar surface area (TPSA) is 67.4 Å². The Balaban J connectivity index is 1.55. The number of benzene rings is 2. The van der Waals surface area contributed by atoms with Gasteiger partial charge in [-0.15, -0.1) is 0 Å². The fourth-order valence-corrected chi connectivity index (χ4v) is 3.10. The molecule has 154 valence electrons. The molecule has 0 bridgehead atoms. The van der Waals surface area contributed by atoms with Gasteiger partial charge in [-0.05, 0) is 48.4 Å². The van der Waals surface area contributed by atoms with Gasteiger partial charge in [-0.25, -0.2) is 0 Å². The van der Waals surface area contributed by atoms with Crippen LogP contribution in [0, 0.1) is 5.41 Å². The summed E-state index contributed by atoms with van der Waals surface area (Å²) in [6.45, 7) is 2.57. The zero-order chi connectivity index (χ0) is 21.1. The molecule has 5 nitrogen and oxygen atoms in total. The Bertz CT molecular complexity index is 880. The third kappa shape index (κ3) is 5.28. The number of hydrogen-bond acceptors (Lipinski definition) is 3. The average molecular weight is 406 g/mol. The second-order valence-electron chi connectivity index (χ2n) is 7.29. The highest BCUT2D eigenvalue weighted by Crippen LogP contribution is 2.31. The van der Waals surface area contributed by atoms with Crippen molar-refractivity contribution in [1.82, 2.24) is 10.6 Å². The summed E-state index contributed by atoms with van der Waals surface area (Å²) >= 11 is 0. The normalized spacial score (nSPS) is 19.4. The minimum absolute atomic E-state index is 0.126. The zero-order valence-electron chi connectivity index (χ0n) is 15.8. The molecular formula is C21H21F3N2O3. The fourth-order valence-electron chi connectivity index (χ4n) is 3.10. The molecule has 1 atom stereocenters. The molecular weight excluding hydrogens is 385 g/mol. The van der Waals surface area contributed by atoms with E-state index in [-0.39, 0.29) is 18.2 Å². The number of carbonyl (C=O) groups excluding carboxylic acids is 2. The molecule has 2 aromatic carbocycles. The van der Waals surface area contributed by atoms with Gasteiger partial charge >= 0.3 is 6.18 Å². The van der Waals surface area contributed by atoms with Crippen LogP contribution >= 0.6 is 0 Å². The molecule has 0 spiro atoms. The van der Waals surface area contributed by atoms with E-state index in [0.717, 1.165) is 17.7 Å². The van der Waals surface area contributed by atoms with Crippen LogP contribution in [0.2, 0.25) is 0 Å². The van der Waals surface area contributed by atoms with Crippen LogP contribution in [0.1, 0.15) is 30.9 Å². The molecule has 2 aromatic rings. The maximum Gasteiger partial charge on any atom is 0.416 e. The van der Waals surface area contributed by atoms with Gasteiger partial charge in [0.2, 0.25) is 11.8 Å². The molecule has 3 rings (SSSR count). The van der Waals surface area contributed by atoms with Crippen molar-refractivity contribution in [3.63, 3.8) is 0 Å². The van der Waals surface area contributed by atoms with Gasteiger partial charge in [0.1, 0.15) is 11.5 Å². The first-order valence-electron chi connectivity index (χ1n) is 9.15. The van der Waals surface area contributed by atoms with Gasteiger partial charge in [0.25, 0.3) is 0 Å². The number of hydrogen-bond donors (Lipinski definition) is 2. The summed E-state index contributed by atoms with van der Waals surface area (Å²) in [5.41, 5.74) is -0.615. The number of piperidine rings is 1. The molecule has 1 heterocycles. The van der Waals surface area contributed by atoms with E-state index < -0.39 is 17.2 Å². The monoisotopic (exact) mass is 406 g/mol. The molecule has 1 aliphatic heterocycles. The summed E-state index contributed by atoms with van der Waals surface area (Å²) in [7, 11) is 0. The summed E-state index contributed by atoms with van der Waals surface area (Å²) in [4.78, 5) is 24.0. The SMILES string of the molecule is CC1(C(=O)NCc2ccc(Oc3ccc(C(F)(F)F)cc3)cc2)CCNC(=O)C1. The number of ether oxygens (including phenoxy) is 1. The predicted octanol–water partition coefficient (Wildman–Crippen LogP) is 4.03. The van der Waals surface area contributed by atoms with Crippen molar-refractivity contribution >= 4 is 11.8 Å². The number of alkyl halides is 3. The number of halogens is 3. The molecule has 1 saturated heterocycles. The first-order chi connectivity index (χ1) is 13.7. The van der Waals surface area contributed by atoms with E-state index in [2.05, 4.69) is 10.6 Å². The van der Waals surface area contributed by atoms with E-state index in [4.69, 9.17) is 4.74 Å². The molecule has 1 unspecified atom stereocenters. The lowest BCUT2D eigenvalue weighted by atomic mass is 9.80. The van der Waals surface area contributed by atoms with E-state index in [9.17, 15) is 22.8 Å². The highest BCUT2D eigenvalue weighted by atomic mass is 19.4. The quantitative estimate of drug-likeness (QED) is 0.788. The maximum absolute atomic E-state index is 12.6. The minimum Gasteiger partial charge on any atom is -0.457 e. The zero-order valence-corrected chi connectivity index (χ0v) is 15.8. The number of amides is 2. The molecule has 0 saturated carbocycles. The Morgan fingerprint density at radius 3 is 2.24 bits per heavy atom. The van der Waals surface area contributed by atoms with Gasteiger partial charge in [0.15, 0.2) is 0 Å². The molecule has 0 radical (unpaired) electrons. The Morgan fingerprint density at radius 2 is 1.69 bits per heavy atom. The standard InChI is InChI=1S/C21H21F3N2O3/c1-20(10-11-25-18(27)12-20)19(28)26-13-14-2-6-16(7-3-14)29-17-8-4-15(5-9-17)21(22,23)24/h2-9H,10-13H2,1H3,(H,25,27)(H,26,28). The van der Waals surface area contributed by atoms with Crippen LogP contribution in [0.3, 0.4) is 0 Å². The lowest BCUT2D eigenvalue weighted by Crippen LogP contribution is -2.47. The second kappa shape index (κ2) is 8.14. The van der Waals surface area contributed by atoms with Crippen molar-refractivity contribution in [3.05, 3.63) is 59.7 Å². The van der Waals surface area contributed by atoms with Crippen LogP contribution in [0.4, 0.5) is 13.2 Å². The summed E-state index contributed by atoms with van der Waals surface area (Å²) in [5.74, 6) is 0.467. The van der Waals surface area contributed by atoms with Crippen LogP contribution in [-0.4, -0.2) is 18.4 Å². The Morgan fingerprint density at radius 1 is 1.10 bits per heavy atom. The van der Waals surface area contributed by atoms with Crippen molar-refractivity contribution in [3.8, 4) is 11.5 Å². The molecule has 29 heavy (non-hydrogen) atoms. The summed E-state index contributed by atoms with van der Waals surface area (Å²) in [6, 6.07) is 11.3. The first-order valence-corrected chi connectivity index (χ1v) is 9.15. The third-order valence-electron chi connectivity index (χ3n) is 4.89. The van der Waals surface area contributed by atoms with Gasteiger partial charge < -0.3 is 15.4 Å². The maximum atomic E-state index is 12.6. The van der Waals surface area contributed by atoms with Gasteiger partial charge in [0.05, 0.1) is 11.0 Å². The van der Waals surface area contributed by atoms with Gasteiger partial charge in [-0.3, -0.25) is 9.59 Å². The van der Waals surface area contributed by atoms with Crippen LogP contribution in [0.5, 0.6) is 11.5 Å². The van der Waals surface area contributed by atoms with E-state index in [1.807, 2.05) is 0 Å². The highest BCUT2D eigenvalue weighted by Gasteiger charge is 2.37. The molecule has 1 fully saturated rings. The van der Waals surface area contributed by atoms with Gasteiger partial charge in [-0.2, -0.15) is 13.2 Å². The van der Waals surface area contributed by atoms with Crippen LogP contribution in [0.15, 0.2) is 48.5 Å². The van der Waals surface area contributed by atoms with Crippen molar-refractivity contribution < 1.29 is 27.5 Å². The van der Waals surface area contributed by atoms with Gasteiger partial charge in [-0.1, -0.05) is 19.1 Å². The average Bonchev–Trinajstić information content (AvgIpc) is 2.67. The van der Waals surface area contributed by atoms with Gasteiger partial charge in [0, 0.05) is 19.5 Å². The van der Waals surface area contributed by atoms with Crippen molar-refractivity contribution in [2.75, 3.05) is 6.54 Å². The molecule has 1 aliphatic rings. The number of rotatable bonds is 5. The van der Waals surface area contributed by atoms with Crippen LogP contribution in [0.25, 0.3) is 0 Å². The summed E-state index contributed by atoms with van der Waals surface area (Å²) in [5, 5.41) is 5.57. The van der Waals surface area contributed by atoms with E-state index in [1.165, 1.54) is 12.1 Å². The minimum atomic E-state index is -4.39. The summed E-state index contributed by atoms with van der Waals surface area (Å²) in [6.07, 6.45) is -3.63. The first kappa shape index (κ1) is 20.7. The lowest BCUT2D eigenvalue weighted by Gasteiger charge is -2.31. The number of carbonyl (C=O) groups is 2. The van der Waals surface area contributed by atoms with E-state index in [0.29, 0.717) is 31.0 Å². The Labute approximate surface area is 166 Å². The van der Waals surface area contributed by atoms with Crippen molar-refractivity contribution in [1.29, 1.82) is 0 Å². The predicted molar refractivity (Wildman–Crippen MR) is 100 cm³/mol. The largest absolute Gasteiger partial charge is 0.457 e. The third-order valence-corrected chi connectivity index (χ3v) is 4.89. The molecule has 0 aromatic heterocycles. The van der Waals surface area contributed by atoms with Crippen molar-refractivity contribution in [2.45, 2.75) is 32.5 Å². The summed E-state index contributed by atoms with van der Waals surface area (Å²) < 4.78 is 43.3. The van der Waals surface area contributed by atoms with Crippen LogP contribution in [-0.2, 0) is 22.3 Å². The molecule has 2 N–H and O–H groups in total. The molecule has 8 heteroatoms. The Kier molecular flexibility index (Phi) is 5.81. The fraction of sp³-hybridized carbons (Fsp3) is 0.333. The van der Waals surface area contributed by atoms with E-state index >= 15 is 0 Å². The number of nitrogens with one attached hydrogen (secondary N) is 2. The molecule has 0 aliphatic carbocycles.